The lowest BCUT2D eigenvalue weighted by Crippen LogP contribution is -2.15. The number of carbonyl (C=O) groups excluding carboxylic acids is 1. The van der Waals surface area contributed by atoms with E-state index in [2.05, 4.69) is 33.4 Å². The molecule has 3 heterocycles. The first kappa shape index (κ1) is 18.5. The number of anilines is 1. The van der Waals surface area contributed by atoms with Crippen molar-refractivity contribution in [1.29, 1.82) is 0 Å². The predicted molar refractivity (Wildman–Crippen MR) is 115 cm³/mol. The molecule has 1 atom stereocenters. The fraction of sp³-hybridized carbons (Fsp3) is 0.182. The Bertz CT molecular complexity index is 1200. The van der Waals surface area contributed by atoms with Gasteiger partial charge in [-0.15, -0.1) is 11.3 Å². The van der Waals surface area contributed by atoms with Gasteiger partial charge in [0, 0.05) is 22.9 Å². The van der Waals surface area contributed by atoms with Crippen LogP contribution in [0.4, 0.5) is 5.13 Å². The Kier molecular flexibility index (Phi) is 4.76. The molecular formula is C22H19N5O2S. The molecule has 0 bridgehead atoms. The van der Waals surface area contributed by atoms with Crippen LogP contribution in [0.25, 0.3) is 11.3 Å². The monoisotopic (exact) mass is 417 g/mol. The topological polar surface area (TPSA) is 81.9 Å². The third kappa shape index (κ3) is 3.69. The minimum absolute atomic E-state index is 0.192. The molecule has 0 spiro atoms. The van der Waals surface area contributed by atoms with E-state index in [0.29, 0.717) is 17.2 Å². The van der Waals surface area contributed by atoms with Crippen molar-refractivity contribution in [3.8, 4) is 17.0 Å². The molecule has 7 nitrogen and oxygen atoms in total. The maximum Gasteiger partial charge on any atom is 0.257 e. The third-order valence-electron chi connectivity index (χ3n) is 4.98. The van der Waals surface area contributed by atoms with E-state index in [1.807, 2.05) is 35.7 Å². The Hall–Kier alpha value is -3.52. The van der Waals surface area contributed by atoms with Gasteiger partial charge in [0.15, 0.2) is 5.13 Å². The van der Waals surface area contributed by atoms with E-state index < -0.39 is 0 Å². The van der Waals surface area contributed by atoms with E-state index in [-0.39, 0.29) is 12.0 Å². The molecule has 1 aliphatic heterocycles. The minimum atomic E-state index is -0.192. The summed E-state index contributed by atoms with van der Waals surface area (Å²) in [7, 11) is 0. The highest BCUT2D eigenvalue weighted by Gasteiger charge is 2.20. The van der Waals surface area contributed by atoms with Gasteiger partial charge >= 0.3 is 0 Å². The van der Waals surface area contributed by atoms with Crippen LogP contribution in [0, 0.1) is 0 Å². The van der Waals surface area contributed by atoms with Crippen LogP contribution in [-0.2, 0) is 13.0 Å². The molecule has 1 amide bonds. The van der Waals surface area contributed by atoms with Crippen LogP contribution < -0.4 is 10.1 Å². The van der Waals surface area contributed by atoms with Crippen molar-refractivity contribution in [3.63, 3.8) is 0 Å². The van der Waals surface area contributed by atoms with Gasteiger partial charge in [0.1, 0.15) is 24.5 Å². The second-order valence-corrected chi connectivity index (χ2v) is 8.06. The van der Waals surface area contributed by atoms with Crippen molar-refractivity contribution in [2.45, 2.75) is 26.0 Å². The van der Waals surface area contributed by atoms with Crippen LogP contribution in [0.2, 0.25) is 0 Å². The van der Waals surface area contributed by atoms with Gasteiger partial charge in [-0.05, 0) is 42.3 Å². The van der Waals surface area contributed by atoms with Gasteiger partial charge in [0.2, 0.25) is 0 Å². The van der Waals surface area contributed by atoms with E-state index in [1.165, 1.54) is 23.2 Å². The molecule has 0 radical (unpaired) electrons. The lowest BCUT2D eigenvalue weighted by atomic mass is 10.1. The summed E-state index contributed by atoms with van der Waals surface area (Å²) < 4.78 is 7.45. The van der Waals surface area contributed by atoms with Crippen molar-refractivity contribution in [2.24, 2.45) is 0 Å². The molecule has 30 heavy (non-hydrogen) atoms. The standard InChI is InChI=1S/C22H19N5O2S/c1-14-8-17-9-15(6-7-20(17)29-14)19-11-30-22(25-19)26-21(28)18-5-3-2-4-16(18)10-27-13-23-12-24-27/h2-7,9,11-14H,8,10H2,1H3,(H,25,26,28)/t14-/m1/s1. The normalized spacial score (nSPS) is 14.9. The van der Waals surface area contributed by atoms with Gasteiger partial charge in [-0.25, -0.2) is 14.6 Å². The van der Waals surface area contributed by atoms with Crippen LogP contribution in [-0.4, -0.2) is 31.8 Å². The van der Waals surface area contributed by atoms with E-state index in [4.69, 9.17) is 4.74 Å². The highest BCUT2D eigenvalue weighted by Crippen LogP contribution is 2.34. The summed E-state index contributed by atoms with van der Waals surface area (Å²) in [6, 6.07) is 13.6. The number of thiazole rings is 1. The molecule has 150 valence electrons. The molecule has 1 N–H and O–H groups in total. The van der Waals surface area contributed by atoms with Crippen LogP contribution in [0.1, 0.15) is 28.4 Å². The van der Waals surface area contributed by atoms with Gasteiger partial charge in [-0.1, -0.05) is 18.2 Å². The maximum absolute atomic E-state index is 12.9. The first-order valence-corrected chi connectivity index (χ1v) is 10.5. The number of carbonyl (C=O) groups is 1. The van der Waals surface area contributed by atoms with Crippen molar-refractivity contribution >= 4 is 22.4 Å². The number of rotatable bonds is 5. The number of fused-ring (bicyclic) bond motifs is 1. The fourth-order valence-corrected chi connectivity index (χ4v) is 4.29. The summed E-state index contributed by atoms with van der Waals surface area (Å²) >= 11 is 1.41. The molecule has 0 unspecified atom stereocenters. The second-order valence-electron chi connectivity index (χ2n) is 7.20. The highest BCUT2D eigenvalue weighted by molar-refractivity contribution is 7.14. The Balaban J connectivity index is 1.34. The average molecular weight is 417 g/mol. The molecule has 4 aromatic rings. The van der Waals surface area contributed by atoms with E-state index in [0.717, 1.165) is 29.0 Å². The Morgan fingerprint density at radius 1 is 1.30 bits per heavy atom. The quantitative estimate of drug-likeness (QED) is 0.530. The number of hydrogen-bond acceptors (Lipinski definition) is 6. The number of nitrogens with zero attached hydrogens (tertiary/aromatic N) is 4. The van der Waals surface area contributed by atoms with Crippen molar-refractivity contribution in [1.82, 2.24) is 19.7 Å². The van der Waals surface area contributed by atoms with E-state index >= 15 is 0 Å². The molecule has 1 aliphatic rings. The van der Waals surface area contributed by atoms with Crippen LogP contribution in [0.3, 0.4) is 0 Å². The summed E-state index contributed by atoms with van der Waals surface area (Å²) in [5.41, 5.74) is 4.52. The SMILES string of the molecule is C[C@@H]1Cc2cc(-c3csc(NC(=O)c4ccccc4Cn4cncn4)n3)ccc2O1. The third-order valence-corrected chi connectivity index (χ3v) is 5.74. The lowest BCUT2D eigenvalue weighted by molar-refractivity contribution is 0.102. The second kappa shape index (κ2) is 7.72. The van der Waals surface area contributed by atoms with Gasteiger partial charge in [-0.2, -0.15) is 5.10 Å². The lowest BCUT2D eigenvalue weighted by Gasteiger charge is -2.08. The number of ether oxygens (including phenoxy) is 1. The van der Waals surface area contributed by atoms with Gasteiger partial charge < -0.3 is 4.74 Å². The van der Waals surface area contributed by atoms with Crippen molar-refractivity contribution < 1.29 is 9.53 Å². The summed E-state index contributed by atoms with van der Waals surface area (Å²) in [6.45, 7) is 2.54. The Morgan fingerprint density at radius 2 is 2.20 bits per heavy atom. The summed E-state index contributed by atoms with van der Waals surface area (Å²) in [5.74, 6) is 0.752. The molecule has 0 fully saturated rings. The molecule has 2 aromatic carbocycles. The van der Waals surface area contributed by atoms with Gasteiger partial charge in [0.05, 0.1) is 12.2 Å². The number of benzene rings is 2. The van der Waals surface area contributed by atoms with Crippen LogP contribution in [0.15, 0.2) is 60.5 Å². The zero-order chi connectivity index (χ0) is 20.5. The smallest absolute Gasteiger partial charge is 0.257 e. The molecular weight excluding hydrogens is 398 g/mol. The molecule has 0 aliphatic carbocycles. The predicted octanol–water partition coefficient (Wildman–Crippen LogP) is 4.03. The molecule has 0 saturated carbocycles. The zero-order valence-electron chi connectivity index (χ0n) is 16.3. The maximum atomic E-state index is 12.9. The van der Waals surface area contributed by atoms with Crippen LogP contribution in [0.5, 0.6) is 5.75 Å². The summed E-state index contributed by atoms with van der Waals surface area (Å²) in [5, 5.41) is 9.56. The summed E-state index contributed by atoms with van der Waals surface area (Å²) in [4.78, 5) is 21.5. The molecule has 2 aromatic heterocycles. The fourth-order valence-electron chi connectivity index (χ4n) is 3.58. The van der Waals surface area contributed by atoms with Gasteiger partial charge in [-0.3, -0.25) is 10.1 Å². The van der Waals surface area contributed by atoms with Crippen LogP contribution >= 0.6 is 11.3 Å². The minimum Gasteiger partial charge on any atom is -0.490 e. The zero-order valence-corrected chi connectivity index (χ0v) is 17.1. The number of hydrogen-bond donors (Lipinski definition) is 1. The first-order chi connectivity index (χ1) is 14.7. The van der Waals surface area contributed by atoms with Crippen molar-refractivity contribution in [2.75, 3.05) is 5.32 Å². The Labute approximate surface area is 177 Å². The van der Waals surface area contributed by atoms with E-state index in [1.54, 1.807) is 17.1 Å². The summed E-state index contributed by atoms with van der Waals surface area (Å²) in [6.07, 6.45) is 4.22. The number of amides is 1. The molecule has 0 saturated heterocycles. The highest BCUT2D eigenvalue weighted by atomic mass is 32.1. The first-order valence-electron chi connectivity index (χ1n) is 9.63. The number of nitrogens with one attached hydrogen (secondary N) is 1. The molecule has 8 heteroatoms. The largest absolute Gasteiger partial charge is 0.490 e. The Morgan fingerprint density at radius 3 is 3.07 bits per heavy atom. The number of aromatic nitrogens is 4. The van der Waals surface area contributed by atoms with Crippen molar-refractivity contribution in [3.05, 3.63) is 77.2 Å². The van der Waals surface area contributed by atoms with E-state index in [9.17, 15) is 4.79 Å². The van der Waals surface area contributed by atoms with Gasteiger partial charge in [0.25, 0.3) is 5.91 Å². The molecule has 5 rings (SSSR count). The average Bonchev–Trinajstić information content (AvgIpc) is 3.48.